The minimum absolute atomic E-state index is 0.0787. The number of benzene rings is 1. The molecule has 1 aromatic heterocycles. The van der Waals surface area contributed by atoms with Crippen molar-refractivity contribution in [2.24, 2.45) is 5.73 Å². The third kappa shape index (κ3) is 2.32. The molecule has 0 spiro atoms. The molecule has 0 radical (unpaired) electrons. The summed E-state index contributed by atoms with van der Waals surface area (Å²) in [6.07, 6.45) is 1.22. The Morgan fingerprint density at radius 3 is 2.75 bits per heavy atom. The number of methoxy groups -OCH3 is 2. The number of allylic oxidation sites excluding steroid dienone is 1. The topological polar surface area (TPSA) is 123 Å². The third-order valence-corrected chi connectivity index (χ3v) is 3.76. The summed E-state index contributed by atoms with van der Waals surface area (Å²) in [6.45, 7) is 0. The van der Waals surface area contributed by atoms with E-state index in [0.29, 0.717) is 17.1 Å². The molecule has 2 aromatic rings. The largest absolute Gasteiger partial charge is 0.493 e. The first-order chi connectivity index (χ1) is 11.6. The van der Waals surface area contributed by atoms with Gasteiger partial charge in [-0.05, 0) is 17.7 Å². The summed E-state index contributed by atoms with van der Waals surface area (Å²) in [6, 6.07) is 7.13. The van der Waals surface area contributed by atoms with Crippen molar-refractivity contribution in [1.82, 2.24) is 9.97 Å². The van der Waals surface area contributed by atoms with Crippen molar-refractivity contribution in [1.29, 1.82) is 5.26 Å². The number of rotatable bonds is 3. The highest BCUT2D eigenvalue weighted by Gasteiger charge is 2.34. The maximum Gasteiger partial charge on any atom is 0.258 e. The smallest absolute Gasteiger partial charge is 0.258 e. The Labute approximate surface area is 137 Å². The maximum atomic E-state index is 12.3. The predicted octanol–water partition coefficient (Wildman–Crippen LogP) is 1.01. The molecular formula is C16H14N4O4. The summed E-state index contributed by atoms with van der Waals surface area (Å²) < 4.78 is 15.8. The molecule has 0 fully saturated rings. The molecule has 0 aliphatic carbocycles. The average molecular weight is 326 g/mol. The van der Waals surface area contributed by atoms with Crippen LogP contribution in [0.4, 0.5) is 0 Å². The summed E-state index contributed by atoms with van der Waals surface area (Å²) in [5, 5.41) is 9.48. The number of nitriles is 1. The van der Waals surface area contributed by atoms with Gasteiger partial charge in [-0.25, -0.2) is 4.98 Å². The molecule has 8 nitrogen and oxygen atoms in total. The Morgan fingerprint density at radius 1 is 1.33 bits per heavy atom. The molecule has 24 heavy (non-hydrogen) atoms. The molecule has 2 heterocycles. The van der Waals surface area contributed by atoms with Crippen LogP contribution in [0.15, 0.2) is 40.8 Å². The minimum atomic E-state index is -0.712. The second kappa shape index (κ2) is 5.96. The molecule has 0 amide bonds. The van der Waals surface area contributed by atoms with E-state index in [-0.39, 0.29) is 22.9 Å². The molecule has 1 aliphatic heterocycles. The van der Waals surface area contributed by atoms with Crippen LogP contribution in [0.3, 0.4) is 0 Å². The molecule has 0 saturated carbocycles. The fourth-order valence-electron chi connectivity index (χ4n) is 2.66. The van der Waals surface area contributed by atoms with Crippen molar-refractivity contribution in [3.05, 3.63) is 57.5 Å². The van der Waals surface area contributed by atoms with Crippen molar-refractivity contribution >= 4 is 0 Å². The molecule has 3 N–H and O–H groups in total. The lowest BCUT2D eigenvalue weighted by atomic mass is 9.85. The lowest BCUT2D eigenvalue weighted by Crippen LogP contribution is -2.28. The third-order valence-electron chi connectivity index (χ3n) is 3.76. The van der Waals surface area contributed by atoms with Gasteiger partial charge in [-0.1, -0.05) is 6.07 Å². The van der Waals surface area contributed by atoms with Crippen LogP contribution >= 0.6 is 0 Å². The molecule has 1 aliphatic rings. The number of aromatic amines is 1. The van der Waals surface area contributed by atoms with Gasteiger partial charge in [0.2, 0.25) is 11.8 Å². The molecule has 0 saturated heterocycles. The molecular weight excluding hydrogens is 312 g/mol. The standard InChI is InChI=1S/C16H14N4O4/c1-22-10-4-3-8(5-11(10)23-2)12-9(6-17)14(18)24-16-13(12)15(21)19-7-20-16/h3-5,7,12H,18H2,1-2H3,(H,19,20,21)/t12-/m1/s1. The van der Waals surface area contributed by atoms with Crippen molar-refractivity contribution in [3.8, 4) is 23.4 Å². The van der Waals surface area contributed by atoms with Gasteiger partial charge < -0.3 is 24.9 Å². The number of H-pyrrole nitrogens is 1. The lowest BCUT2D eigenvalue weighted by molar-refractivity contribution is 0.353. The van der Waals surface area contributed by atoms with Gasteiger partial charge in [-0.15, -0.1) is 0 Å². The number of nitrogens with zero attached hydrogens (tertiary/aromatic N) is 2. The number of aromatic nitrogens is 2. The van der Waals surface area contributed by atoms with Gasteiger partial charge in [0.1, 0.15) is 11.6 Å². The van der Waals surface area contributed by atoms with Crippen molar-refractivity contribution in [2.75, 3.05) is 14.2 Å². The zero-order chi connectivity index (χ0) is 17.3. The van der Waals surface area contributed by atoms with Crippen LogP contribution in [0.5, 0.6) is 17.4 Å². The summed E-state index contributed by atoms with van der Waals surface area (Å²) in [5.74, 6) is 0.289. The van der Waals surface area contributed by atoms with E-state index in [0.717, 1.165) is 0 Å². The van der Waals surface area contributed by atoms with E-state index < -0.39 is 11.5 Å². The van der Waals surface area contributed by atoms with Crippen LogP contribution in [-0.4, -0.2) is 24.2 Å². The first-order valence-electron chi connectivity index (χ1n) is 6.97. The van der Waals surface area contributed by atoms with Gasteiger partial charge in [-0.2, -0.15) is 5.26 Å². The highest BCUT2D eigenvalue weighted by Crippen LogP contribution is 2.41. The first kappa shape index (κ1) is 15.4. The number of nitrogens with two attached hydrogens (primary N) is 1. The zero-order valence-corrected chi connectivity index (χ0v) is 13.0. The van der Waals surface area contributed by atoms with Gasteiger partial charge >= 0.3 is 0 Å². The first-order valence-corrected chi connectivity index (χ1v) is 6.97. The van der Waals surface area contributed by atoms with E-state index in [4.69, 9.17) is 19.9 Å². The van der Waals surface area contributed by atoms with Gasteiger partial charge in [-0.3, -0.25) is 4.79 Å². The average Bonchev–Trinajstić information content (AvgIpc) is 2.60. The Hall–Kier alpha value is -3.47. The minimum Gasteiger partial charge on any atom is -0.493 e. The highest BCUT2D eigenvalue weighted by molar-refractivity contribution is 5.55. The summed E-state index contributed by atoms with van der Waals surface area (Å²) in [5.41, 5.74) is 6.42. The fourth-order valence-corrected chi connectivity index (χ4v) is 2.66. The van der Waals surface area contributed by atoms with Gasteiger partial charge in [0.05, 0.1) is 32.0 Å². The van der Waals surface area contributed by atoms with E-state index in [2.05, 4.69) is 9.97 Å². The number of nitrogens with one attached hydrogen (secondary N) is 1. The van der Waals surface area contributed by atoms with Crippen LogP contribution in [-0.2, 0) is 0 Å². The van der Waals surface area contributed by atoms with E-state index in [1.807, 2.05) is 6.07 Å². The van der Waals surface area contributed by atoms with Crippen molar-refractivity contribution in [3.63, 3.8) is 0 Å². The molecule has 0 bridgehead atoms. The molecule has 0 unspecified atom stereocenters. The number of fused-ring (bicyclic) bond motifs is 1. The van der Waals surface area contributed by atoms with Crippen LogP contribution in [0.2, 0.25) is 0 Å². The van der Waals surface area contributed by atoms with Crippen molar-refractivity contribution < 1.29 is 14.2 Å². The molecule has 1 atom stereocenters. The second-order valence-electron chi connectivity index (χ2n) is 4.99. The quantitative estimate of drug-likeness (QED) is 0.862. The SMILES string of the molecule is COc1ccc([C@@H]2C(C#N)=C(N)Oc3nc[nH]c(=O)c32)cc1OC. The van der Waals surface area contributed by atoms with E-state index in [9.17, 15) is 10.1 Å². The van der Waals surface area contributed by atoms with E-state index in [1.54, 1.807) is 18.2 Å². The molecule has 1 aromatic carbocycles. The van der Waals surface area contributed by atoms with Crippen molar-refractivity contribution in [2.45, 2.75) is 5.92 Å². The van der Waals surface area contributed by atoms with Gasteiger partial charge in [0.15, 0.2) is 11.5 Å². The van der Waals surface area contributed by atoms with Crippen LogP contribution < -0.4 is 25.5 Å². The number of ether oxygens (including phenoxy) is 3. The highest BCUT2D eigenvalue weighted by atomic mass is 16.5. The normalized spacial score (nSPS) is 16.0. The molecule has 8 heteroatoms. The number of hydrogen-bond donors (Lipinski definition) is 2. The molecule has 122 valence electrons. The fraction of sp³-hybridized carbons (Fsp3) is 0.188. The van der Waals surface area contributed by atoms with E-state index >= 15 is 0 Å². The second-order valence-corrected chi connectivity index (χ2v) is 4.99. The van der Waals surface area contributed by atoms with Crippen LogP contribution in [0.25, 0.3) is 0 Å². The molecule has 3 rings (SSSR count). The van der Waals surface area contributed by atoms with Gasteiger partial charge in [0, 0.05) is 0 Å². The summed E-state index contributed by atoms with van der Waals surface area (Å²) >= 11 is 0. The monoisotopic (exact) mass is 326 g/mol. The Balaban J connectivity index is 2.26. The van der Waals surface area contributed by atoms with Gasteiger partial charge in [0.25, 0.3) is 5.56 Å². The zero-order valence-electron chi connectivity index (χ0n) is 13.0. The number of hydrogen-bond acceptors (Lipinski definition) is 7. The van der Waals surface area contributed by atoms with E-state index in [1.165, 1.54) is 20.5 Å². The Kier molecular flexibility index (Phi) is 3.83. The maximum absolute atomic E-state index is 12.3. The summed E-state index contributed by atoms with van der Waals surface area (Å²) in [7, 11) is 3.03. The lowest BCUT2D eigenvalue weighted by Gasteiger charge is -2.24. The Bertz CT molecular complexity index is 926. The predicted molar refractivity (Wildman–Crippen MR) is 83.7 cm³/mol. The van der Waals surface area contributed by atoms with Crippen LogP contribution in [0, 0.1) is 11.3 Å². The van der Waals surface area contributed by atoms with Crippen LogP contribution in [0.1, 0.15) is 17.0 Å². The Morgan fingerprint density at radius 2 is 2.08 bits per heavy atom. The summed E-state index contributed by atoms with van der Waals surface area (Å²) in [4.78, 5) is 18.8.